The van der Waals surface area contributed by atoms with Crippen molar-refractivity contribution in [1.82, 2.24) is 4.98 Å². The van der Waals surface area contributed by atoms with Gasteiger partial charge in [0, 0.05) is 12.0 Å². The van der Waals surface area contributed by atoms with Gasteiger partial charge in [0.1, 0.15) is 0 Å². The van der Waals surface area contributed by atoms with Crippen molar-refractivity contribution in [1.29, 1.82) is 0 Å². The molecule has 3 heteroatoms. The van der Waals surface area contributed by atoms with Gasteiger partial charge >= 0.3 is 0 Å². The minimum absolute atomic E-state index is 0.241. The van der Waals surface area contributed by atoms with E-state index in [4.69, 9.17) is 5.73 Å². The Bertz CT molecular complexity index is 553. The van der Waals surface area contributed by atoms with Gasteiger partial charge in [-0.3, -0.25) is 0 Å². The molecule has 1 aromatic carbocycles. The highest BCUT2D eigenvalue weighted by Crippen LogP contribution is 2.41. The molecule has 1 fully saturated rings. The number of hydrogen-bond acceptors (Lipinski definition) is 3. The fraction of sp³-hybridized carbons (Fsp3) is 0.533. The van der Waals surface area contributed by atoms with Crippen LogP contribution in [0.3, 0.4) is 0 Å². The first kappa shape index (κ1) is 12.1. The number of nitrogens with two attached hydrogens (primary N) is 1. The van der Waals surface area contributed by atoms with Crippen LogP contribution >= 0.6 is 11.3 Å². The third kappa shape index (κ3) is 1.86. The quantitative estimate of drug-likeness (QED) is 0.915. The summed E-state index contributed by atoms with van der Waals surface area (Å²) in [6, 6.07) is 6.76. The maximum absolute atomic E-state index is 6.06. The van der Waals surface area contributed by atoms with Crippen LogP contribution in [0.15, 0.2) is 18.2 Å². The second-order valence-corrected chi connectivity index (χ2v) is 6.45. The molecule has 1 aliphatic rings. The highest BCUT2D eigenvalue weighted by molar-refractivity contribution is 7.18. The molecule has 2 nitrogen and oxygen atoms in total. The fourth-order valence-corrected chi connectivity index (χ4v) is 4.06. The maximum atomic E-state index is 6.06. The summed E-state index contributed by atoms with van der Waals surface area (Å²) in [4.78, 5) is 4.63. The van der Waals surface area contributed by atoms with Crippen LogP contribution in [0.5, 0.6) is 0 Å². The van der Waals surface area contributed by atoms with E-state index < -0.39 is 0 Å². The molecule has 2 N–H and O–H groups in total. The van der Waals surface area contributed by atoms with Crippen LogP contribution in [0.1, 0.15) is 43.2 Å². The lowest BCUT2D eigenvalue weighted by Gasteiger charge is -2.27. The van der Waals surface area contributed by atoms with Crippen molar-refractivity contribution in [2.24, 2.45) is 5.73 Å². The standard InChI is InChI=1S/C15H20N2S/c1-2-14-17-12-6-5-11(9-13(12)18-14)15(10-16)7-3-4-8-15/h5-6,9H,2-4,7-8,10,16H2,1H3. The minimum Gasteiger partial charge on any atom is -0.330 e. The lowest BCUT2D eigenvalue weighted by Crippen LogP contribution is -2.31. The van der Waals surface area contributed by atoms with Gasteiger partial charge in [0.2, 0.25) is 0 Å². The van der Waals surface area contributed by atoms with E-state index in [1.165, 1.54) is 41.0 Å². The third-order valence-corrected chi connectivity index (χ3v) is 5.46. The predicted molar refractivity (Wildman–Crippen MR) is 78.2 cm³/mol. The first-order valence-electron chi connectivity index (χ1n) is 6.87. The number of thiazole rings is 1. The van der Waals surface area contributed by atoms with Crippen LogP contribution in [-0.2, 0) is 11.8 Å². The first-order chi connectivity index (χ1) is 8.77. The Morgan fingerprint density at radius 1 is 1.33 bits per heavy atom. The smallest absolute Gasteiger partial charge is 0.0935 e. The molecule has 0 bridgehead atoms. The van der Waals surface area contributed by atoms with Crippen molar-refractivity contribution >= 4 is 21.6 Å². The van der Waals surface area contributed by atoms with Gasteiger partial charge in [-0.15, -0.1) is 11.3 Å². The second-order valence-electron chi connectivity index (χ2n) is 5.34. The largest absolute Gasteiger partial charge is 0.330 e. The van der Waals surface area contributed by atoms with Crippen LogP contribution in [0.2, 0.25) is 0 Å². The van der Waals surface area contributed by atoms with E-state index in [0.717, 1.165) is 18.5 Å². The summed E-state index contributed by atoms with van der Waals surface area (Å²) in [6.07, 6.45) is 6.15. The molecule has 1 aromatic heterocycles. The lowest BCUT2D eigenvalue weighted by molar-refractivity contribution is 0.453. The third-order valence-electron chi connectivity index (χ3n) is 4.30. The van der Waals surface area contributed by atoms with E-state index in [-0.39, 0.29) is 5.41 Å². The number of hydrogen-bond donors (Lipinski definition) is 1. The molecule has 0 amide bonds. The number of fused-ring (bicyclic) bond motifs is 1. The molecular formula is C15H20N2S. The summed E-state index contributed by atoms with van der Waals surface area (Å²) in [5.74, 6) is 0. The van der Waals surface area contributed by atoms with Gasteiger partial charge in [-0.2, -0.15) is 0 Å². The Labute approximate surface area is 112 Å². The summed E-state index contributed by atoms with van der Waals surface area (Å²) in [5.41, 5.74) is 8.88. The molecule has 0 saturated heterocycles. The molecule has 0 aliphatic heterocycles. The van der Waals surface area contributed by atoms with Crippen molar-refractivity contribution in [3.63, 3.8) is 0 Å². The first-order valence-corrected chi connectivity index (χ1v) is 7.69. The highest BCUT2D eigenvalue weighted by Gasteiger charge is 2.34. The van der Waals surface area contributed by atoms with Gasteiger partial charge in [0.05, 0.1) is 15.2 Å². The van der Waals surface area contributed by atoms with Crippen LogP contribution in [-0.4, -0.2) is 11.5 Å². The zero-order valence-corrected chi connectivity index (χ0v) is 11.7. The van der Waals surface area contributed by atoms with E-state index in [1.807, 2.05) is 11.3 Å². The van der Waals surface area contributed by atoms with Crippen LogP contribution in [0.25, 0.3) is 10.2 Å². The summed E-state index contributed by atoms with van der Waals surface area (Å²) >= 11 is 1.83. The Morgan fingerprint density at radius 2 is 2.11 bits per heavy atom. The molecule has 3 rings (SSSR count). The normalized spacial score (nSPS) is 18.6. The van der Waals surface area contributed by atoms with Crippen molar-refractivity contribution in [3.8, 4) is 0 Å². The van der Waals surface area contributed by atoms with Crippen LogP contribution in [0.4, 0.5) is 0 Å². The fourth-order valence-electron chi connectivity index (χ4n) is 3.12. The average molecular weight is 260 g/mol. The van der Waals surface area contributed by atoms with Gasteiger partial charge < -0.3 is 5.73 Å². The molecule has 0 atom stereocenters. The molecule has 0 unspecified atom stereocenters. The average Bonchev–Trinajstić information content (AvgIpc) is 3.04. The number of benzene rings is 1. The van der Waals surface area contributed by atoms with Gasteiger partial charge in [-0.1, -0.05) is 25.8 Å². The Kier molecular flexibility index (Phi) is 3.12. The number of aromatic nitrogens is 1. The summed E-state index contributed by atoms with van der Waals surface area (Å²) < 4.78 is 1.32. The van der Waals surface area contributed by atoms with Crippen LogP contribution < -0.4 is 5.73 Å². The van der Waals surface area contributed by atoms with Gasteiger partial charge in [-0.25, -0.2) is 4.98 Å². The predicted octanol–water partition coefficient (Wildman–Crippen LogP) is 3.63. The minimum atomic E-state index is 0.241. The Balaban J connectivity index is 2.06. The molecule has 96 valence electrons. The summed E-state index contributed by atoms with van der Waals surface area (Å²) in [6.45, 7) is 2.94. The zero-order valence-electron chi connectivity index (χ0n) is 10.9. The molecule has 1 saturated carbocycles. The Morgan fingerprint density at radius 3 is 2.78 bits per heavy atom. The molecule has 1 heterocycles. The zero-order chi connectivity index (χ0) is 12.6. The molecule has 0 radical (unpaired) electrons. The lowest BCUT2D eigenvalue weighted by atomic mass is 9.79. The maximum Gasteiger partial charge on any atom is 0.0935 e. The van der Waals surface area contributed by atoms with Crippen molar-refractivity contribution in [2.75, 3.05) is 6.54 Å². The van der Waals surface area contributed by atoms with E-state index in [1.54, 1.807) is 0 Å². The number of aryl methyl sites for hydroxylation is 1. The number of nitrogens with zero attached hydrogens (tertiary/aromatic N) is 1. The van der Waals surface area contributed by atoms with Gasteiger partial charge in [-0.05, 0) is 37.0 Å². The SMILES string of the molecule is CCc1nc2ccc(C3(CN)CCCC3)cc2s1. The highest BCUT2D eigenvalue weighted by atomic mass is 32.1. The molecule has 0 spiro atoms. The Hall–Kier alpha value is -0.930. The summed E-state index contributed by atoms with van der Waals surface area (Å²) in [5, 5.41) is 1.23. The van der Waals surface area contributed by atoms with E-state index >= 15 is 0 Å². The van der Waals surface area contributed by atoms with Crippen molar-refractivity contribution in [2.45, 2.75) is 44.4 Å². The number of rotatable bonds is 3. The van der Waals surface area contributed by atoms with E-state index in [2.05, 4.69) is 30.1 Å². The second kappa shape index (κ2) is 4.63. The molecule has 18 heavy (non-hydrogen) atoms. The van der Waals surface area contributed by atoms with E-state index in [9.17, 15) is 0 Å². The van der Waals surface area contributed by atoms with Crippen molar-refractivity contribution < 1.29 is 0 Å². The van der Waals surface area contributed by atoms with Crippen LogP contribution in [0, 0.1) is 0 Å². The van der Waals surface area contributed by atoms with Gasteiger partial charge in [0.25, 0.3) is 0 Å². The van der Waals surface area contributed by atoms with Crippen molar-refractivity contribution in [3.05, 3.63) is 28.8 Å². The van der Waals surface area contributed by atoms with Gasteiger partial charge in [0.15, 0.2) is 0 Å². The monoisotopic (exact) mass is 260 g/mol. The molecule has 2 aromatic rings. The summed E-state index contributed by atoms with van der Waals surface area (Å²) in [7, 11) is 0. The molecule has 1 aliphatic carbocycles. The molecular weight excluding hydrogens is 240 g/mol. The topological polar surface area (TPSA) is 38.9 Å². The van der Waals surface area contributed by atoms with E-state index in [0.29, 0.717) is 0 Å².